The predicted octanol–water partition coefficient (Wildman–Crippen LogP) is 4.01. The first-order valence-corrected chi connectivity index (χ1v) is 10.1. The second-order valence-corrected chi connectivity index (χ2v) is 7.76. The zero-order valence-electron chi connectivity index (χ0n) is 16.7. The molecule has 0 saturated carbocycles. The van der Waals surface area contributed by atoms with E-state index in [2.05, 4.69) is 48.4 Å². The minimum atomic E-state index is -0.0605. The summed E-state index contributed by atoms with van der Waals surface area (Å²) >= 11 is 0. The van der Waals surface area contributed by atoms with E-state index in [-0.39, 0.29) is 17.7 Å². The average molecular weight is 380 g/mol. The Bertz CT molecular complexity index is 779. The number of aryl methyl sites for hydroxylation is 1. The Kier molecular flexibility index (Phi) is 6.80. The molecule has 0 atom stereocenters. The molecule has 2 heterocycles. The zero-order chi connectivity index (χ0) is 19.9. The van der Waals surface area contributed by atoms with Gasteiger partial charge in [0.25, 0.3) is 0 Å². The van der Waals surface area contributed by atoms with Gasteiger partial charge in [-0.3, -0.25) is 9.59 Å². The van der Waals surface area contributed by atoms with Gasteiger partial charge in [-0.1, -0.05) is 44.2 Å². The van der Waals surface area contributed by atoms with Gasteiger partial charge in [-0.15, -0.1) is 0 Å². The Morgan fingerprint density at radius 2 is 1.82 bits per heavy atom. The molecule has 3 rings (SSSR count). The van der Waals surface area contributed by atoms with Gasteiger partial charge in [0.15, 0.2) is 0 Å². The molecular formula is C23H29N3O2. The van der Waals surface area contributed by atoms with Crippen molar-refractivity contribution in [2.24, 2.45) is 5.92 Å². The summed E-state index contributed by atoms with van der Waals surface area (Å²) in [4.78, 5) is 30.9. The average Bonchev–Trinajstić information content (AvgIpc) is 2.73. The highest BCUT2D eigenvalue weighted by Gasteiger charge is 2.27. The molecule has 5 nitrogen and oxygen atoms in total. The molecule has 1 aliphatic rings. The highest BCUT2D eigenvalue weighted by atomic mass is 16.2. The van der Waals surface area contributed by atoms with Crippen LogP contribution in [-0.4, -0.2) is 34.8 Å². The van der Waals surface area contributed by atoms with Crippen LogP contribution in [0, 0.1) is 5.92 Å². The lowest BCUT2D eigenvalue weighted by Crippen LogP contribution is -2.41. The summed E-state index contributed by atoms with van der Waals surface area (Å²) in [6.45, 7) is 5.65. The van der Waals surface area contributed by atoms with E-state index in [1.165, 1.54) is 11.1 Å². The van der Waals surface area contributed by atoms with Crippen LogP contribution in [0.1, 0.15) is 50.2 Å². The van der Waals surface area contributed by atoms with Gasteiger partial charge < -0.3 is 10.2 Å². The third-order valence-corrected chi connectivity index (χ3v) is 5.41. The number of carbonyl (C=O) groups excluding carboxylic acids is 2. The molecule has 1 N–H and O–H groups in total. The van der Waals surface area contributed by atoms with E-state index in [1.807, 2.05) is 17.0 Å². The Morgan fingerprint density at radius 3 is 2.43 bits per heavy atom. The quantitative estimate of drug-likeness (QED) is 0.825. The molecule has 0 spiro atoms. The second-order valence-electron chi connectivity index (χ2n) is 7.76. The molecule has 0 aliphatic carbocycles. The molecule has 1 saturated heterocycles. The maximum atomic E-state index is 12.5. The van der Waals surface area contributed by atoms with Crippen molar-refractivity contribution in [1.82, 2.24) is 9.88 Å². The van der Waals surface area contributed by atoms with E-state index in [4.69, 9.17) is 0 Å². The molecule has 28 heavy (non-hydrogen) atoms. The number of carbonyl (C=O) groups is 2. The highest BCUT2D eigenvalue weighted by molar-refractivity contribution is 5.91. The number of aromatic nitrogens is 1. The van der Waals surface area contributed by atoms with Crippen LogP contribution in [0.5, 0.6) is 0 Å². The summed E-state index contributed by atoms with van der Waals surface area (Å²) in [7, 11) is 0. The van der Waals surface area contributed by atoms with Gasteiger partial charge in [-0.05, 0) is 48.4 Å². The van der Waals surface area contributed by atoms with E-state index in [0.29, 0.717) is 44.1 Å². The van der Waals surface area contributed by atoms with Crippen molar-refractivity contribution in [2.45, 2.75) is 45.4 Å². The SMILES string of the molecule is CC(C)c1ccc(CCC(=O)N2CCC(C(=O)Nc3ccccn3)CC2)cc1. The fourth-order valence-corrected chi connectivity index (χ4v) is 3.53. The van der Waals surface area contributed by atoms with Crippen molar-refractivity contribution in [3.63, 3.8) is 0 Å². The summed E-state index contributed by atoms with van der Waals surface area (Å²) in [6, 6.07) is 14.0. The summed E-state index contributed by atoms with van der Waals surface area (Å²) in [5.41, 5.74) is 2.52. The number of hydrogen-bond donors (Lipinski definition) is 1. The molecule has 1 aliphatic heterocycles. The van der Waals surface area contributed by atoms with Crippen LogP contribution >= 0.6 is 0 Å². The molecule has 1 fully saturated rings. The third kappa shape index (κ3) is 5.41. The molecule has 0 unspecified atom stereocenters. The second kappa shape index (κ2) is 9.49. The third-order valence-electron chi connectivity index (χ3n) is 5.41. The van der Waals surface area contributed by atoms with Gasteiger partial charge >= 0.3 is 0 Å². The van der Waals surface area contributed by atoms with Crippen LogP contribution in [0.15, 0.2) is 48.7 Å². The Morgan fingerprint density at radius 1 is 1.11 bits per heavy atom. The van der Waals surface area contributed by atoms with Crippen molar-refractivity contribution >= 4 is 17.6 Å². The van der Waals surface area contributed by atoms with Crippen molar-refractivity contribution in [2.75, 3.05) is 18.4 Å². The van der Waals surface area contributed by atoms with Crippen molar-refractivity contribution < 1.29 is 9.59 Å². The number of rotatable bonds is 6. The maximum Gasteiger partial charge on any atom is 0.228 e. The minimum absolute atomic E-state index is 0.00367. The van der Waals surface area contributed by atoms with Crippen LogP contribution in [0.25, 0.3) is 0 Å². The van der Waals surface area contributed by atoms with E-state index in [9.17, 15) is 9.59 Å². The normalized spacial score (nSPS) is 14.9. The Balaban J connectivity index is 1.42. The predicted molar refractivity (Wildman–Crippen MR) is 111 cm³/mol. The number of likely N-dealkylation sites (tertiary alicyclic amines) is 1. The van der Waals surface area contributed by atoms with Crippen molar-refractivity contribution in [1.29, 1.82) is 0 Å². The van der Waals surface area contributed by atoms with E-state index >= 15 is 0 Å². The number of hydrogen-bond acceptors (Lipinski definition) is 3. The van der Waals surface area contributed by atoms with Crippen LogP contribution < -0.4 is 5.32 Å². The fourth-order valence-electron chi connectivity index (χ4n) is 3.53. The monoisotopic (exact) mass is 379 g/mol. The first-order chi connectivity index (χ1) is 13.5. The lowest BCUT2D eigenvalue weighted by molar-refractivity contribution is -0.134. The lowest BCUT2D eigenvalue weighted by atomic mass is 9.95. The summed E-state index contributed by atoms with van der Waals surface area (Å²) in [6.07, 6.45) is 4.34. The Labute approximate surface area is 167 Å². The summed E-state index contributed by atoms with van der Waals surface area (Å²) < 4.78 is 0. The van der Waals surface area contributed by atoms with Crippen LogP contribution in [0.3, 0.4) is 0 Å². The summed E-state index contributed by atoms with van der Waals surface area (Å²) in [5, 5.41) is 2.86. The van der Waals surface area contributed by atoms with E-state index in [0.717, 1.165) is 6.42 Å². The van der Waals surface area contributed by atoms with Gasteiger partial charge in [0, 0.05) is 31.6 Å². The standard InChI is InChI=1S/C23H29N3O2/c1-17(2)19-9-6-18(7-10-19)8-11-22(27)26-15-12-20(13-16-26)23(28)25-21-5-3-4-14-24-21/h3-7,9-10,14,17,20H,8,11-13,15-16H2,1-2H3,(H,24,25,28). The molecule has 1 aromatic heterocycles. The number of pyridine rings is 1. The number of benzene rings is 1. The molecule has 0 radical (unpaired) electrons. The van der Waals surface area contributed by atoms with Gasteiger partial charge in [0.1, 0.15) is 5.82 Å². The van der Waals surface area contributed by atoms with Crippen molar-refractivity contribution in [3.05, 3.63) is 59.8 Å². The molecule has 148 valence electrons. The minimum Gasteiger partial charge on any atom is -0.343 e. The molecular weight excluding hydrogens is 350 g/mol. The van der Waals surface area contributed by atoms with Crippen LogP contribution in [-0.2, 0) is 16.0 Å². The number of amides is 2. The molecule has 2 aromatic rings. The smallest absolute Gasteiger partial charge is 0.228 e. The van der Waals surface area contributed by atoms with Gasteiger partial charge in [0.2, 0.25) is 11.8 Å². The maximum absolute atomic E-state index is 12.5. The largest absolute Gasteiger partial charge is 0.343 e. The first kappa shape index (κ1) is 20.1. The van der Waals surface area contributed by atoms with E-state index in [1.54, 1.807) is 12.3 Å². The molecule has 1 aromatic carbocycles. The van der Waals surface area contributed by atoms with Gasteiger partial charge in [-0.2, -0.15) is 0 Å². The molecule has 5 heteroatoms. The van der Waals surface area contributed by atoms with Crippen LogP contribution in [0.4, 0.5) is 5.82 Å². The van der Waals surface area contributed by atoms with Gasteiger partial charge in [0.05, 0.1) is 0 Å². The summed E-state index contributed by atoms with van der Waals surface area (Å²) in [5.74, 6) is 1.21. The number of nitrogens with one attached hydrogen (secondary N) is 1. The molecule has 2 amide bonds. The highest BCUT2D eigenvalue weighted by Crippen LogP contribution is 2.20. The Hall–Kier alpha value is -2.69. The van der Waals surface area contributed by atoms with E-state index < -0.39 is 0 Å². The number of anilines is 1. The molecule has 0 bridgehead atoms. The zero-order valence-corrected chi connectivity index (χ0v) is 16.7. The first-order valence-electron chi connectivity index (χ1n) is 10.1. The van der Waals surface area contributed by atoms with Gasteiger partial charge in [-0.25, -0.2) is 4.98 Å². The number of piperidine rings is 1. The fraction of sp³-hybridized carbons (Fsp3) is 0.435. The topological polar surface area (TPSA) is 62.3 Å². The lowest BCUT2D eigenvalue weighted by Gasteiger charge is -2.31. The number of nitrogens with zero attached hydrogens (tertiary/aromatic N) is 2. The van der Waals surface area contributed by atoms with Crippen molar-refractivity contribution in [3.8, 4) is 0 Å². The van der Waals surface area contributed by atoms with Crippen LogP contribution in [0.2, 0.25) is 0 Å².